The Balaban J connectivity index is 2.47. The van der Waals surface area contributed by atoms with E-state index in [2.05, 4.69) is 20.9 Å². The quantitative estimate of drug-likeness (QED) is 0.922. The average molecular weight is 285 g/mol. The van der Waals surface area contributed by atoms with E-state index in [4.69, 9.17) is 10.5 Å². The minimum absolute atomic E-state index is 0.729. The predicted molar refractivity (Wildman–Crippen MR) is 66.2 cm³/mol. The molecule has 0 aliphatic rings. The maximum atomic E-state index is 5.80. The molecule has 1 heterocycles. The fourth-order valence-electron chi connectivity index (χ4n) is 1.29. The number of thiazole rings is 1. The molecule has 2 N–H and O–H groups in total. The van der Waals surface area contributed by atoms with E-state index in [1.54, 1.807) is 12.6 Å². The van der Waals surface area contributed by atoms with Gasteiger partial charge in [0.2, 0.25) is 0 Å². The third-order valence-electron chi connectivity index (χ3n) is 2.02. The van der Waals surface area contributed by atoms with Crippen molar-refractivity contribution in [3.63, 3.8) is 0 Å². The zero-order valence-corrected chi connectivity index (χ0v) is 10.4. The normalized spacial score (nSPS) is 10.3. The first-order valence-electron chi connectivity index (χ1n) is 4.25. The lowest BCUT2D eigenvalue weighted by Gasteiger charge is -2.05. The van der Waals surface area contributed by atoms with Crippen LogP contribution in [0.3, 0.4) is 0 Å². The topological polar surface area (TPSA) is 48.1 Å². The first kappa shape index (κ1) is 10.4. The highest BCUT2D eigenvalue weighted by Gasteiger charge is 2.08. The van der Waals surface area contributed by atoms with Crippen molar-refractivity contribution in [3.8, 4) is 17.0 Å². The number of anilines is 1. The van der Waals surface area contributed by atoms with Crippen molar-refractivity contribution >= 4 is 32.3 Å². The maximum Gasteiger partial charge on any atom is 0.133 e. The summed E-state index contributed by atoms with van der Waals surface area (Å²) in [6.07, 6.45) is 0. The van der Waals surface area contributed by atoms with Gasteiger partial charge >= 0.3 is 0 Å². The van der Waals surface area contributed by atoms with Gasteiger partial charge in [-0.2, -0.15) is 0 Å². The summed E-state index contributed by atoms with van der Waals surface area (Å²) in [6, 6.07) is 5.78. The lowest BCUT2D eigenvalue weighted by molar-refractivity contribution is 0.412. The number of nitrogens with zero attached hydrogens (tertiary/aromatic N) is 1. The number of benzene rings is 1. The Hall–Kier alpha value is -1.07. The molecule has 0 atom stereocenters. The summed E-state index contributed by atoms with van der Waals surface area (Å²) in [7, 11) is 1.64. The molecule has 2 rings (SSSR count). The summed E-state index contributed by atoms with van der Waals surface area (Å²) in [5.41, 5.74) is 9.35. The highest BCUT2D eigenvalue weighted by atomic mass is 79.9. The molecule has 5 heteroatoms. The summed E-state index contributed by atoms with van der Waals surface area (Å²) in [4.78, 5) is 4.21. The fraction of sp³-hybridized carbons (Fsp3) is 0.100. The molecule has 0 saturated heterocycles. The Kier molecular flexibility index (Phi) is 2.93. The molecule has 0 amide bonds. The number of aromatic nitrogens is 1. The fourth-order valence-corrected chi connectivity index (χ4v) is 2.38. The zero-order chi connectivity index (χ0) is 10.8. The molecule has 3 nitrogen and oxygen atoms in total. The van der Waals surface area contributed by atoms with Crippen LogP contribution in [0.2, 0.25) is 0 Å². The SMILES string of the molecule is COc1ccc(-c2ncsc2N)cc1Br. The molecule has 0 fully saturated rings. The van der Waals surface area contributed by atoms with Crippen molar-refractivity contribution in [2.24, 2.45) is 0 Å². The van der Waals surface area contributed by atoms with Gasteiger partial charge in [0.15, 0.2) is 0 Å². The lowest BCUT2D eigenvalue weighted by Crippen LogP contribution is -1.88. The number of hydrogen-bond acceptors (Lipinski definition) is 4. The second-order valence-electron chi connectivity index (χ2n) is 2.91. The van der Waals surface area contributed by atoms with E-state index >= 15 is 0 Å². The summed E-state index contributed by atoms with van der Waals surface area (Å²) in [5, 5.41) is 0.729. The molecule has 0 saturated carbocycles. The maximum absolute atomic E-state index is 5.80. The van der Waals surface area contributed by atoms with Gasteiger partial charge in [0.05, 0.1) is 17.1 Å². The molecule has 0 unspecified atom stereocenters. The number of methoxy groups -OCH3 is 1. The van der Waals surface area contributed by atoms with Crippen molar-refractivity contribution in [1.82, 2.24) is 4.98 Å². The first-order chi connectivity index (χ1) is 7.22. The second-order valence-corrected chi connectivity index (χ2v) is 4.66. The smallest absolute Gasteiger partial charge is 0.133 e. The van der Waals surface area contributed by atoms with Crippen LogP contribution < -0.4 is 10.5 Å². The molecule has 78 valence electrons. The third kappa shape index (κ3) is 1.98. The largest absolute Gasteiger partial charge is 0.496 e. The van der Waals surface area contributed by atoms with Crippen molar-refractivity contribution in [3.05, 3.63) is 28.2 Å². The summed E-state index contributed by atoms with van der Waals surface area (Å²) in [5.74, 6) is 0.799. The number of nitrogens with two attached hydrogens (primary N) is 1. The Morgan fingerprint density at radius 2 is 2.27 bits per heavy atom. The molecular formula is C10H9BrN2OS. The summed E-state index contributed by atoms with van der Waals surface area (Å²) in [6.45, 7) is 0. The zero-order valence-electron chi connectivity index (χ0n) is 8.03. The van der Waals surface area contributed by atoms with Crippen molar-refractivity contribution in [2.75, 3.05) is 12.8 Å². The lowest BCUT2D eigenvalue weighted by atomic mass is 10.1. The number of rotatable bonds is 2. The van der Waals surface area contributed by atoms with Gasteiger partial charge in [-0.25, -0.2) is 4.98 Å². The van der Waals surface area contributed by atoms with E-state index in [9.17, 15) is 0 Å². The molecule has 0 bridgehead atoms. The van der Waals surface area contributed by atoms with Gasteiger partial charge in [-0.1, -0.05) is 0 Å². The van der Waals surface area contributed by atoms with Crippen LogP contribution >= 0.6 is 27.3 Å². The molecule has 1 aromatic heterocycles. The van der Waals surface area contributed by atoms with Crippen LogP contribution in [-0.2, 0) is 0 Å². The van der Waals surface area contributed by atoms with Crippen molar-refractivity contribution in [1.29, 1.82) is 0 Å². The van der Waals surface area contributed by atoms with E-state index in [0.29, 0.717) is 0 Å². The molecule has 15 heavy (non-hydrogen) atoms. The highest BCUT2D eigenvalue weighted by Crippen LogP contribution is 2.33. The van der Waals surface area contributed by atoms with E-state index in [0.717, 1.165) is 26.5 Å². The van der Waals surface area contributed by atoms with Crippen LogP contribution in [0, 0.1) is 0 Å². The van der Waals surface area contributed by atoms with Crippen LogP contribution in [0.25, 0.3) is 11.3 Å². The van der Waals surface area contributed by atoms with Crippen LogP contribution in [0.15, 0.2) is 28.2 Å². The summed E-state index contributed by atoms with van der Waals surface area (Å²) >= 11 is 4.86. The summed E-state index contributed by atoms with van der Waals surface area (Å²) < 4.78 is 6.05. The van der Waals surface area contributed by atoms with Crippen LogP contribution in [-0.4, -0.2) is 12.1 Å². The van der Waals surface area contributed by atoms with E-state index < -0.39 is 0 Å². The minimum Gasteiger partial charge on any atom is -0.496 e. The van der Waals surface area contributed by atoms with E-state index in [-0.39, 0.29) is 0 Å². The first-order valence-corrected chi connectivity index (χ1v) is 5.92. The Morgan fingerprint density at radius 1 is 1.47 bits per heavy atom. The number of halogens is 1. The molecule has 0 aliphatic heterocycles. The van der Waals surface area contributed by atoms with Gasteiger partial charge in [-0.05, 0) is 34.1 Å². The van der Waals surface area contributed by atoms with Gasteiger partial charge < -0.3 is 10.5 Å². The molecule has 0 spiro atoms. The minimum atomic E-state index is 0.729. The number of ether oxygens (including phenoxy) is 1. The Morgan fingerprint density at radius 3 is 2.80 bits per heavy atom. The molecule has 0 radical (unpaired) electrons. The number of nitrogen functional groups attached to an aromatic ring is 1. The van der Waals surface area contributed by atoms with Gasteiger partial charge in [-0.15, -0.1) is 11.3 Å². The molecule has 1 aromatic carbocycles. The van der Waals surface area contributed by atoms with Gasteiger partial charge in [0.1, 0.15) is 16.4 Å². The monoisotopic (exact) mass is 284 g/mol. The van der Waals surface area contributed by atoms with Gasteiger partial charge in [0.25, 0.3) is 0 Å². The molecular weight excluding hydrogens is 276 g/mol. The third-order valence-corrected chi connectivity index (χ3v) is 3.30. The standard InChI is InChI=1S/C10H9BrN2OS/c1-14-8-3-2-6(4-7(8)11)9-10(12)15-5-13-9/h2-5H,12H2,1H3. The van der Waals surface area contributed by atoms with Crippen LogP contribution in [0.1, 0.15) is 0 Å². The average Bonchev–Trinajstić information content (AvgIpc) is 2.64. The predicted octanol–water partition coefficient (Wildman–Crippen LogP) is 3.16. The van der Waals surface area contributed by atoms with E-state index in [1.165, 1.54) is 11.3 Å². The molecule has 2 aromatic rings. The van der Waals surface area contributed by atoms with Crippen molar-refractivity contribution < 1.29 is 4.74 Å². The molecule has 0 aliphatic carbocycles. The Labute approximate surface area is 100 Å². The van der Waals surface area contributed by atoms with E-state index in [1.807, 2.05) is 18.2 Å². The van der Waals surface area contributed by atoms with Crippen LogP contribution in [0.4, 0.5) is 5.00 Å². The van der Waals surface area contributed by atoms with Gasteiger partial charge in [0, 0.05) is 5.56 Å². The van der Waals surface area contributed by atoms with Crippen LogP contribution in [0.5, 0.6) is 5.75 Å². The van der Waals surface area contributed by atoms with Crippen molar-refractivity contribution in [2.45, 2.75) is 0 Å². The highest BCUT2D eigenvalue weighted by molar-refractivity contribution is 9.10. The number of hydrogen-bond donors (Lipinski definition) is 1. The second kappa shape index (κ2) is 4.20. The van der Waals surface area contributed by atoms with Gasteiger partial charge in [-0.3, -0.25) is 0 Å². The Bertz CT molecular complexity index is 484.